The highest BCUT2D eigenvalue weighted by Gasteiger charge is 2.40. The Hall–Kier alpha value is -0.660. The number of ketones is 2. The number of hydrogen-bond acceptors (Lipinski definition) is 2. The maximum atomic E-state index is 11.4. The van der Waals surface area contributed by atoms with Crippen LogP contribution >= 0.6 is 0 Å². The Morgan fingerprint density at radius 1 is 0.846 bits per heavy atom. The predicted molar refractivity (Wildman–Crippen MR) is 49.4 cm³/mol. The topological polar surface area (TPSA) is 34.1 Å². The average molecular weight is 180 g/mol. The Morgan fingerprint density at radius 3 is 2.23 bits per heavy atom. The monoisotopic (exact) mass is 180 g/mol. The van der Waals surface area contributed by atoms with Crippen molar-refractivity contribution in [1.29, 1.82) is 0 Å². The Labute approximate surface area is 78.7 Å². The molecule has 0 amide bonds. The summed E-state index contributed by atoms with van der Waals surface area (Å²) in [5, 5.41) is 0. The molecule has 0 saturated heterocycles. The van der Waals surface area contributed by atoms with Gasteiger partial charge in [0.2, 0.25) is 0 Å². The lowest BCUT2D eigenvalue weighted by molar-refractivity contribution is -0.121. The molecule has 0 radical (unpaired) electrons. The molecule has 2 fully saturated rings. The van der Waals surface area contributed by atoms with Crippen molar-refractivity contribution in [2.24, 2.45) is 5.41 Å². The van der Waals surface area contributed by atoms with E-state index in [1.165, 1.54) is 0 Å². The van der Waals surface area contributed by atoms with Crippen LogP contribution in [0.25, 0.3) is 0 Å². The molecule has 0 aliphatic heterocycles. The second kappa shape index (κ2) is 3.24. The van der Waals surface area contributed by atoms with Crippen molar-refractivity contribution < 1.29 is 9.59 Å². The van der Waals surface area contributed by atoms with Crippen LogP contribution in [0.15, 0.2) is 0 Å². The summed E-state index contributed by atoms with van der Waals surface area (Å²) < 4.78 is 0. The van der Waals surface area contributed by atoms with Crippen molar-refractivity contribution in [3.63, 3.8) is 0 Å². The molecule has 0 heterocycles. The standard InChI is InChI=1S/C11H16O2/c12-9-3-1-2-5-11(7-9)6-4-10(13)8-11/h1-8H2. The summed E-state index contributed by atoms with van der Waals surface area (Å²) in [5.74, 6) is 0.752. The molecule has 13 heavy (non-hydrogen) atoms. The highest BCUT2D eigenvalue weighted by molar-refractivity contribution is 5.85. The Balaban J connectivity index is 2.11. The average Bonchev–Trinajstić information content (AvgIpc) is 2.30. The Kier molecular flexibility index (Phi) is 2.22. The third kappa shape index (κ3) is 1.82. The predicted octanol–water partition coefficient (Wildman–Crippen LogP) is 2.26. The lowest BCUT2D eigenvalue weighted by Gasteiger charge is -2.24. The van der Waals surface area contributed by atoms with Gasteiger partial charge in [0, 0.05) is 25.7 Å². The van der Waals surface area contributed by atoms with Crippen LogP contribution < -0.4 is 0 Å². The maximum absolute atomic E-state index is 11.4. The summed E-state index contributed by atoms with van der Waals surface area (Å²) in [6.07, 6.45) is 7.07. The molecule has 2 heteroatoms. The highest BCUT2D eigenvalue weighted by Crippen LogP contribution is 2.45. The van der Waals surface area contributed by atoms with E-state index >= 15 is 0 Å². The van der Waals surface area contributed by atoms with E-state index in [-0.39, 0.29) is 5.41 Å². The lowest BCUT2D eigenvalue weighted by atomic mass is 9.79. The van der Waals surface area contributed by atoms with Gasteiger partial charge in [0.25, 0.3) is 0 Å². The number of rotatable bonds is 0. The molecule has 2 aliphatic carbocycles. The van der Waals surface area contributed by atoms with Gasteiger partial charge in [-0.3, -0.25) is 9.59 Å². The first-order valence-electron chi connectivity index (χ1n) is 5.24. The molecule has 1 spiro atoms. The first-order valence-corrected chi connectivity index (χ1v) is 5.24. The summed E-state index contributed by atoms with van der Waals surface area (Å²) in [4.78, 5) is 22.7. The number of hydrogen-bond donors (Lipinski definition) is 0. The van der Waals surface area contributed by atoms with Gasteiger partial charge in [-0.15, -0.1) is 0 Å². The summed E-state index contributed by atoms with van der Waals surface area (Å²) in [5.41, 5.74) is 0.102. The number of carbonyl (C=O) groups excluding carboxylic acids is 2. The van der Waals surface area contributed by atoms with E-state index in [1.54, 1.807) is 0 Å². The fourth-order valence-electron chi connectivity index (χ4n) is 2.78. The van der Waals surface area contributed by atoms with Crippen LogP contribution in [0.5, 0.6) is 0 Å². The van der Waals surface area contributed by atoms with Crippen molar-refractivity contribution in [3.8, 4) is 0 Å². The molecule has 72 valence electrons. The van der Waals surface area contributed by atoms with Gasteiger partial charge in [-0.05, 0) is 24.7 Å². The van der Waals surface area contributed by atoms with Gasteiger partial charge in [-0.1, -0.05) is 6.42 Å². The van der Waals surface area contributed by atoms with Gasteiger partial charge in [-0.25, -0.2) is 0 Å². The molecule has 2 saturated carbocycles. The third-order valence-electron chi connectivity index (χ3n) is 3.49. The molecule has 1 unspecified atom stereocenters. The van der Waals surface area contributed by atoms with Crippen molar-refractivity contribution in [2.45, 2.75) is 51.4 Å². The highest BCUT2D eigenvalue weighted by atomic mass is 16.1. The molecule has 1 atom stereocenters. The smallest absolute Gasteiger partial charge is 0.133 e. The van der Waals surface area contributed by atoms with E-state index in [4.69, 9.17) is 0 Å². The van der Waals surface area contributed by atoms with Crippen LogP contribution in [0, 0.1) is 5.41 Å². The van der Waals surface area contributed by atoms with Crippen LogP contribution in [0.4, 0.5) is 0 Å². The van der Waals surface area contributed by atoms with Gasteiger partial charge in [0.05, 0.1) is 0 Å². The molecule has 2 rings (SSSR count). The number of Topliss-reactive ketones (excluding diaryl/α,β-unsaturated/α-hetero) is 2. The SMILES string of the molecule is O=C1CCCCC2(CCC(=O)C2)C1. The second-order valence-corrected chi connectivity index (χ2v) is 4.64. The number of carbonyl (C=O) groups is 2. The minimum atomic E-state index is 0.102. The summed E-state index contributed by atoms with van der Waals surface area (Å²) in [6.45, 7) is 0. The second-order valence-electron chi connectivity index (χ2n) is 4.64. The van der Waals surface area contributed by atoms with E-state index in [0.717, 1.165) is 32.1 Å². The molecular weight excluding hydrogens is 164 g/mol. The summed E-state index contributed by atoms with van der Waals surface area (Å²) >= 11 is 0. The molecular formula is C11H16O2. The normalized spacial score (nSPS) is 35.4. The van der Waals surface area contributed by atoms with Gasteiger partial charge < -0.3 is 0 Å². The molecule has 0 aromatic rings. The Morgan fingerprint density at radius 2 is 1.54 bits per heavy atom. The van der Waals surface area contributed by atoms with Gasteiger partial charge in [0.15, 0.2) is 0 Å². The minimum Gasteiger partial charge on any atom is -0.300 e. The molecule has 0 aromatic carbocycles. The zero-order valence-corrected chi connectivity index (χ0v) is 7.97. The Bertz CT molecular complexity index is 244. The molecule has 0 N–H and O–H groups in total. The molecule has 0 bridgehead atoms. The van der Waals surface area contributed by atoms with Crippen molar-refractivity contribution in [1.82, 2.24) is 0 Å². The van der Waals surface area contributed by atoms with Gasteiger partial charge >= 0.3 is 0 Å². The molecule has 2 aliphatic rings. The van der Waals surface area contributed by atoms with Crippen molar-refractivity contribution in [3.05, 3.63) is 0 Å². The summed E-state index contributed by atoms with van der Waals surface area (Å²) in [7, 11) is 0. The van der Waals surface area contributed by atoms with Crippen molar-refractivity contribution >= 4 is 11.6 Å². The van der Waals surface area contributed by atoms with Crippen LogP contribution in [-0.4, -0.2) is 11.6 Å². The summed E-state index contributed by atoms with van der Waals surface area (Å²) in [6, 6.07) is 0. The zero-order valence-electron chi connectivity index (χ0n) is 7.97. The van der Waals surface area contributed by atoms with Gasteiger partial charge in [-0.2, -0.15) is 0 Å². The van der Waals surface area contributed by atoms with Gasteiger partial charge in [0.1, 0.15) is 11.6 Å². The lowest BCUT2D eigenvalue weighted by Crippen LogP contribution is -2.19. The fourth-order valence-corrected chi connectivity index (χ4v) is 2.78. The maximum Gasteiger partial charge on any atom is 0.133 e. The van der Waals surface area contributed by atoms with Crippen LogP contribution in [0.3, 0.4) is 0 Å². The largest absolute Gasteiger partial charge is 0.300 e. The van der Waals surface area contributed by atoms with E-state index in [9.17, 15) is 9.59 Å². The van der Waals surface area contributed by atoms with E-state index < -0.39 is 0 Å². The quantitative estimate of drug-likeness (QED) is 0.573. The molecule has 0 aromatic heterocycles. The van der Waals surface area contributed by atoms with Crippen LogP contribution in [0.1, 0.15) is 51.4 Å². The first-order chi connectivity index (χ1) is 6.20. The van der Waals surface area contributed by atoms with Crippen molar-refractivity contribution in [2.75, 3.05) is 0 Å². The third-order valence-corrected chi connectivity index (χ3v) is 3.49. The minimum absolute atomic E-state index is 0.102. The molecule has 2 nitrogen and oxygen atoms in total. The fraction of sp³-hybridized carbons (Fsp3) is 0.818. The van der Waals surface area contributed by atoms with Crippen LogP contribution in [0.2, 0.25) is 0 Å². The van der Waals surface area contributed by atoms with E-state index in [2.05, 4.69) is 0 Å². The van der Waals surface area contributed by atoms with Crippen LogP contribution in [-0.2, 0) is 9.59 Å². The zero-order chi connectivity index (χ0) is 9.31. The van der Waals surface area contributed by atoms with E-state index in [1.807, 2.05) is 0 Å². The first kappa shape index (κ1) is 8.92. The van der Waals surface area contributed by atoms with E-state index in [0.29, 0.717) is 30.8 Å².